The summed E-state index contributed by atoms with van der Waals surface area (Å²) in [6.45, 7) is 5.88. The lowest BCUT2D eigenvalue weighted by Crippen LogP contribution is -2.39. The van der Waals surface area contributed by atoms with Gasteiger partial charge in [0.1, 0.15) is 0 Å². The van der Waals surface area contributed by atoms with Gasteiger partial charge in [0.25, 0.3) is 0 Å². The van der Waals surface area contributed by atoms with Crippen LogP contribution >= 0.6 is 11.3 Å². The van der Waals surface area contributed by atoms with Crippen LogP contribution in [0.5, 0.6) is 11.5 Å². The van der Waals surface area contributed by atoms with Crippen LogP contribution in [-0.4, -0.2) is 45.3 Å². The van der Waals surface area contributed by atoms with Gasteiger partial charge in [0, 0.05) is 31.4 Å². The van der Waals surface area contributed by atoms with E-state index in [0.717, 1.165) is 49.8 Å². The van der Waals surface area contributed by atoms with Crippen LogP contribution in [0, 0.1) is 6.92 Å². The third kappa shape index (κ3) is 6.13. The fourth-order valence-electron chi connectivity index (χ4n) is 2.79. The number of aryl methyl sites for hydroxylation is 2. The molecular weight excluding hydrogens is 360 g/mol. The van der Waals surface area contributed by atoms with Crippen LogP contribution in [-0.2, 0) is 19.3 Å². The van der Waals surface area contributed by atoms with Crippen LogP contribution in [0.4, 0.5) is 0 Å². The van der Waals surface area contributed by atoms with Gasteiger partial charge < -0.3 is 20.1 Å². The number of benzene rings is 1. The molecule has 0 fully saturated rings. The number of aliphatic imine (C=N–C) groups is 1. The lowest BCUT2D eigenvalue weighted by molar-refractivity contribution is 0.354. The van der Waals surface area contributed by atoms with Crippen molar-refractivity contribution in [3.8, 4) is 11.5 Å². The summed E-state index contributed by atoms with van der Waals surface area (Å²) >= 11 is 1.79. The molecule has 2 aromatic rings. The predicted molar refractivity (Wildman–Crippen MR) is 113 cm³/mol. The summed E-state index contributed by atoms with van der Waals surface area (Å²) in [5.41, 5.74) is 2.40. The quantitative estimate of drug-likeness (QED) is 0.509. The van der Waals surface area contributed by atoms with E-state index in [9.17, 15) is 0 Å². The van der Waals surface area contributed by atoms with E-state index in [1.54, 1.807) is 32.6 Å². The van der Waals surface area contributed by atoms with Crippen LogP contribution in [0.25, 0.3) is 0 Å². The summed E-state index contributed by atoms with van der Waals surface area (Å²) < 4.78 is 10.6. The van der Waals surface area contributed by atoms with Crippen LogP contribution in [0.2, 0.25) is 0 Å². The molecule has 1 aromatic carbocycles. The second-order valence-corrected chi connectivity index (χ2v) is 7.37. The van der Waals surface area contributed by atoms with Crippen molar-refractivity contribution in [1.29, 1.82) is 0 Å². The molecule has 1 heterocycles. The minimum absolute atomic E-state index is 0.746. The molecule has 2 rings (SSSR count). The highest BCUT2D eigenvalue weighted by Gasteiger charge is 2.07. The Hall–Kier alpha value is -2.28. The molecule has 7 heteroatoms. The fourth-order valence-corrected chi connectivity index (χ4v) is 3.81. The van der Waals surface area contributed by atoms with E-state index in [1.165, 1.54) is 21.1 Å². The molecule has 0 aliphatic rings. The van der Waals surface area contributed by atoms with Gasteiger partial charge in [0.15, 0.2) is 17.5 Å². The van der Waals surface area contributed by atoms with E-state index in [-0.39, 0.29) is 0 Å². The Balaban J connectivity index is 1.77. The third-order valence-electron chi connectivity index (χ3n) is 4.28. The number of nitrogens with zero attached hydrogens (tertiary/aromatic N) is 2. The molecule has 27 heavy (non-hydrogen) atoms. The molecule has 0 saturated heterocycles. The van der Waals surface area contributed by atoms with E-state index in [4.69, 9.17) is 9.47 Å². The molecule has 0 unspecified atom stereocenters. The van der Waals surface area contributed by atoms with E-state index < -0.39 is 0 Å². The number of ether oxygens (including phenoxy) is 2. The van der Waals surface area contributed by atoms with Crippen molar-refractivity contribution in [1.82, 2.24) is 15.6 Å². The van der Waals surface area contributed by atoms with Crippen LogP contribution in [0.1, 0.15) is 28.1 Å². The van der Waals surface area contributed by atoms with Crippen molar-refractivity contribution in [3.05, 3.63) is 39.3 Å². The molecule has 0 spiro atoms. The number of hydrogen-bond acceptors (Lipinski definition) is 5. The van der Waals surface area contributed by atoms with Gasteiger partial charge in [-0.25, -0.2) is 4.98 Å². The highest BCUT2D eigenvalue weighted by molar-refractivity contribution is 7.11. The van der Waals surface area contributed by atoms with Gasteiger partial charge in [-0.3, -0.25) is 4.99 Å². The minimum Gasteiger partial charge on any atom is -0.493 e. The molecule has 0 aliphatic carbocycles. The summed E-state index contributed by atoms with van der Waals surface area (Å²) in [5.74, 6) is 2.30. The van der Waals surface area contributed by atoms with Crippen LogP contribution in [0.3, 0.4) is 0 Å². The molecule has 0 bridgehead atoms. The van der Waals surface area contributed by atoms with Crippen molar-refractivity contribution in [3.63, 3.8) is 0 Å². The first-order chi connectivity index (χ1) is 13.1. The maximum atomic E-state index is 5.35. The zero-order valence-electron chi connectivity index (χ0n) is 16.9. The van der Waals surface area contributed by atoms with E-state index >= 15 is 0 Å². The van der Waals surface area contributed by atoms with Gasteiger partial charge in [0.05, 0.1) is 24.9 Å². The van der Waals surface area contributed by atoms with Gasteiger partial charge in [-0.15, -0.1) is 11.3 Å². The van der Waals surface area contributed by atoms with Crippen LogP contribution < -0.4 is 20.1 Å². The topological polar surface area (TPSA) is 67.8 Å². The van der Waals surface area contributed by atoms with E-state index in [1.807, 2.05) is 12.1 Å². The Kier molecular flexibility index (Phi) is 8.39. The lowest BCUT2D eigenvalue weighted by Gasteiger charge is -2.12. The number of thiazole rings is 1. The predicted octanol–water partition coefficient (Wildman–Crippen LogP) is 2.98. The first-order valence-electron chi connectivity index (χ1n) is 9.21. The Morgan fingerprint density at radius 3 is 2.41 bits per heavy atom. The summed E-state index contributed by atoms with van der Waals surface area (Å²) in [6, 6.07) is 5.99. The Labute approximate surface area is 166 Å². The smallest absolute Gasteiger partial charge is 0.191 e. The molecule has 6 nitrogen and oxygen atoms in total. The highest BCUT2D eigenvalue weighted by atomic mass is 32.1. The van der Waals surface area contributed by atoms with Gasteiger partial charge >= 0.3 is 0 Å². The number of hydrogen-bond donors (Lipinski definition) is 2. The molecule has 0 radical (unpaired) electrons. The summed E-state index contributed by atoms with van der Waals surface area (Å²) in [7, 11) is 5.08. The van der Waals surface area contributed by atoms with Gasteiger partial charge in [-0.05, 0) is 37.5 Å². The molecule has 148 valence electrons. The summed E-state index contributed by atoms with van der Waals surface area (Å²) in [5, 5.41) is 7.88. The maximum absolute atomic E-state index is 5.35. The van der Waals surface area contributed by atoms with E-state index in [0.29, 0.717) is 0 Å². The minimum atomic E-state index is 0.746. The monoisotopic (exact) mass is 390 g/mol. The molecular formula is C20H30N4O2S. The molecule has 1 aromatic heterocycles. The van der Waals surface area contributed by atoms with Crippen LogP contribution in [0.15, 0.2) is 23.2 Å². The van der Waals surface area contributed by atoms with E-state index in [2.05, 4.69) is 40.5 Å². The Morgan fingerprint density at radius 1 is 1.11 bits per heavy atom. The summed E-state index contributed by atoms with van der Waals surface area (Å²) in [4.78, 5) is 10.3. The second kappa shape index (κ2) is 10.8. The first kappa shape index (κ1) is 21.0. The van der Waals surface area contributed by atoms with Crippen molar-refractivity contribution >= 4 is 17.3 Å². The molecule has 2 N–H and O–H groups in total. The van der Waals surface area contributed by atoms with Crippen molar-refractivity contribution in [2.75, 3.05) is 34.4 Å². The lowest BCUT2D eigenvalue weighted by atomic mass is 10.1. The Morgan fingerprint density at radius 2 is 1.81 bits per heavy atom. The number of rotatable bonds is 9. The zero-order valence-corrected chi connectivity index (χ0v) is 17.7. The standard InChI is InChI=1S/C20H30N4O2S/c1-6-16-14(2)27-19(24-16)10-12-23-20(21-3)22-11-9-15-7-8-17(25-4)18(13-15)26-5/h7-8,13H,6,9-12H2,1-5H3,(H2,21,22,23). The number of methoxy groups -OCH3 is 2. The highest BCUT2D eigenvalue weighted by Crippen LogP contribution is 2.27. The molecule has 0 aliphatic heterocycles. The third-order valence-corrected chi connectivity index (χ3v) is 5.35. The van der Waals surface area contributed by atoms with Gasteiger partial charge in [-0.1, -0.05) is 13.0 Å². The average Bonchev–Trinajstić information content (AvgIpc) is 3.06. The van der Waals surface area contributed by atoms with Crippen molar-refractivity contribution in [2.24, 2.45) is 4.99 Å². The number of guanidine groups is 1. The SMILES string of the molecule is CCc1nc(CCNC(=NC)NCCc2ccc(OC)c(OC)c2)sc1C. The maximum Gasteiger partial charge on any atom is 0.191 e. The zero-order chi connectivity index (χ0) is 19.6. The van der Waals surface area contributed by atoms with Gasteiger partial charge in [0.2, 0.25) is 0 Å². The summed E-state index contributed by atoms with van der Waals surface area (Å²) in [6.07, 6.45) is 2.77. The van der Waals surface area contributed by atoms with Gasteiger partial charge in [-0.2, -0.15) is 0 Å². The number of nitrogens with one attached hydrogen (secondary N) is 2. The average molecular weight is 391 g/mol. The number of aromatic nitrogens is 1. The van der Waals surface area contributed by atoms with Crippen molar-refractivity contribution < 1.29 is 9.47 Å². The van der Waals surface area contributed by atoms with Crippen molar-refractivity contribution in [2.45, 2.75) is 33.1 Å². The Bertz CT molecular complexity index is 758. The first-order valence-corrected chi connectivity index (χ1v) is 10.0. The molecule has 0 saturated carbocycles. The molecule has 0 amide bonds. The second-order valence-electron chi connectivity index (χ2n) is 6.08. The normalized spacial score (nSPS) is 11.4. The molecule has 0 atom stereocenters. The fraction of sp³-hybridized carbons (Fsp3) is 0.500. The largest absolute Gasteiger partial charge is 0.493 e.